The van der Waals surface area contributed by atoms with E-state index in [0.29, 0.717) is 15.6 Å². The number of hydrogen-bond acceptors (Lipinski definition) is 3. The Morgan fingerprint density at radius 1 is 1.06 bits per heavy atom. The summed E-state index contributed by atoms with van der Waals surface area (Å²) in [5.74, 6) is 0.920. The van der Waals surface area contributed by atoms with Crippen LogP contribution in [0.4, 0.5) is 5.82 Å². The molecule has 3 rings (SSSR count). The van der Waals surface area contributed by atoms with Gasteiger partial charge in [-0.1, -0.05) is 68.8 Å². The number of fused-ring (bicyclic) bond motifs is 1. The predicted molar refractivity (Wildman–Crippen MR) is 129 cm³/mol. The Labute approximate surface area is 195 Å². The Morgan fingerprint density at radius 3 is 2.35 bits per heavy atom. The first-order valence-corrected chi connectivity index (χ1v) is 12.0. The molecular formula is C24H32Cl2N4O. The van der Waals surface area contributed by atoms with E-state index >= 15 is 0 Å². The molecular weight excluding hydrogens is 431 g/mol. The third-order valence-electron chi connectivity index (χ3n) is 5.75. The number of carbonyl (C=O) groups is 1. The number of unbranched alkanes of at least 4 members (excludes halogenated alkanes) is 4. The van der Waals surface area contributed by atoms with Crippen LogP contribution in [0.15, 0.2) is 41.7 Å². The summed E-state index contributed by atoms with van der Waals surface area (Å²) in [4.78, 5) is 15.9. The molecule has 1 unspecified atom stereocenters. The number of benzene rings is 1. The Balaban J connectivity index is 1.99. The molecule has 1 aromatic carbocycles. The lowest BCUT2D eigenvalue weighted by Crippen LogP contribution is -2.39. The van der Waals surface area contributed by atoms with Gasteiger partial charge in [0.15, 0.2) is 0 Å². The summed E-state index contributed by atoms with van der Waals surface area (Å²) in [6.07, 6.45) is 8.26. The molecule has 31 heavy (non-hydrogen) atoms. The van der Waals surface area contributed by atoms with Crippen molar-refractivity contribution in [1.82, 2.24) is 14.7 Å². The van der Waals surface area contributed by atoms with Crippen molar-refractivity contribution in [1.29, 1.82) is 0 Å². The van der Waals surface area contributed by atoms with Crippen LogP contribution in [0, 0.1) is 0 Å². The lowest BCUT2D eigenvalue weighted by atomic mass is 9.94. The fourth-order valence-corrected chi connectivity index (χ4v) is 4.37. The van der Waals surface area contributed by atoms with Crippen molar-refractivity contribution in [3.05, 3.63) is 57.3 Å². The molecule has 0 spiro atoms. The monoisotopic (exact) mass is 462 g/mol. The van der Waals surface area contributed by atoms with Crippen LogP contribution in [0.5, 0.6) is 0 Å². The molecule has 0 radical (unpaired) electrons. The molecule has 1 N–H and O–H groups in total. The number of allylic oxidation sites excluding steroid dienone is 1. The second-order valence-electron chi connectivity index (χ2n) is 8.11. The van der Waals surface area contributed by atoms with Crippen LogP contribution in [-0.4, -0.2) is 33.7 Å². The van der Waals surface area contributed by atoms with Crippen LogP contribution in [0.25, 0.3) is 0 Å². The number of anilines is 1. The number of nitrogens with zero attached hydrogens (tertiary/aromatic N) is 3. The van der Waals surface area contributed by atoms with Gasteiger partial charge >= 0.3 is 0 Å². The molecule has 1 aliphatic heterocycles. The minimum absolute atomic E-state index is 0.0643. The summed E-state index contributed by atoms with van der Waals surface area (Å²) < 4.78 is 1.86. The van der Waals surface area contributed by atoms with Crippen molar-refractivity contribution in [2.75, 3.05) is 18.4 Å². The van der Waals surface area contributed by atoms with Gasteiger partial charge < -0.3 is 10.2 Å². The topological polar surface area (TPSA) is 50.2 Å². The fourth-order valence-electron chi connectivity index (χ4n) is 4.06. The molecule has 1 amide bonds. The van der Waals surface area contributed by atoms with Crippen molar-refractivity contribution in [2.45, 2.75) is 65.3 Å². The van der Waals surface area contributed by atoms with Gasteiger partial charge in [-0.3, -0.25) is 4.79 Å². The first kappa shape index (κ1) is 23.7. The normalized spacial score (nSPS) is 15.6. The quantitative estimate of drug-likeness (QED) is 0.400. The molecule has 1 aliphatic rings. The second kappa shape index (κ2) is 11.1. The summed E-state index contributed by atoms with van der Waals surface area (Å²) >= 11 is 12.5. The Kier molecular flexibility index (Phi) is 8.44. The summed E-state index contributed by atoms with van der Waals surface area (Å²) in [5, 5.41) is 8.84. The van der Waals surface area contributed by atoms with E-state index < -0.39 is 0 Å². The maximum Gasteiger partial charge on any atom is 0.254 e. The van der Waals surface area contributed by atoms with E-state index in [0.717, 1.165) is 68.7 Å². The SMILES string of the molecule is CCCCCN(CCCCC)C(=O)C1=C(C)Nc2ccnn2C1c1ccc(Cl)c(Cl)c1. The molecule has 0 saturated heterocycles. The number of amides is 1. The van der Waals surface area contributed by atoms with Gasteiger partial charge in [0.05, 0.1) is 21.8 Å². The summed E-state index contributed by atoms with van der Waals surface area (Å²) in [6, 6.07) is 7.10. The van der Waals surface area contributed by atoms with E-state index in [9.17, 15) is 4.79 Å². The minimum atomic E-state index is -0.353. The average Bonchev–Trinajstić information content (AvgIpc) is 3.21. The third-order valence-corrected chi connectivity index (χ3v) is 6.49. The van der Waals surface area contributed by atoms with E-state index in [1.807, 2.05) is 34.7 Å². The van der Waals surface area contributed by atoms with Crippen LogP contribution in [0.1, 0.15) is 70.9 Å². The largest absolute Gasteiger partial charge is 0.344 e. The smallest absolute Gasteiger partial charge is 0.254 e. The van der Waals surface area contributed by atoms with Gasteiger partial charge in [0, 0.05) is 24.9 Å². The van der Waals surface area contributed by atoms with Crippen LogP contribution >= 0.6 is 23.2 Å². The zero-order chi connectivity index (χ0) is 22.4. The lowest BCUT2D eigenvalue weighted by molar-refractivity contribution is -0.127. The van der Waals surface area contributed by atoms with E-state index in [2.05, 4.69) is 24.3 Å². The molecule has 7 heteroatoms. The first-order valence-electron chi connectivity index (χ1n) is 11.2. The third kappa shape index (κ3) is 5.45. The van der Waals surface area contributed by atoms with Gasteiger partial charge in [0.25, 0.3) is 5.91 Å². The number of nitrogens with one attached hydrogen (secondary N) is 1. The molecule has 1 aromatic heterocycles. The highest BCUT2D eigenvalue weighted by molar-refractivity contribution is 6.42. The van der Waals surface area contributed by atoms with Crippen molar-refractivity contribution < 1.29 is 4.79 Å². The highest BCUT2D eigenvalue weighted by Crippen LogP contribution is 2.38. The molecule has 0 aliphatic carbocycles. The van der Waals surface area contributed by atoms with Gasteiger partial charge in [-0.25, -0.2) is 4.68 Å². The number of carbonyl (C=O) groups excluding carboxylic acids is 1. The van der Waals surface area contributed by atoms with Crippen molar-refractivity contribution in [3.63, 3.8) is 0 Å². The summed E-state index contributed by atoms with van der Waals surface area (Å²) in [5.41, 5.74) is 2.46. The molecule has 0 bridgehead atoms. The van der Waals surface area contributed by atoms with Crippen LogP contribution < -0.4 is 5.32 Å². The van der Waals surface area contributed by atoms with Crippen molar-refractivity contribution >= 4 is 34.9 Å². The van der Waals surface area contributed by atoms with Crippen LogP contribution in [0.2, 0.25) is 10.0 Å². The van der Waals surface area contributed by atoms with Gasteiger partial charge in [0.2, 0.25) is 0 Å². The molecule has 168 valence electrons. The molecule has 2 heterocycles. The average molecular weight is 463 g/mol. The first-order chi connectivity index (χ1) is 15.0. The molecule has 0 saturated carbocycles. The summed E-state index contributed by atoms with van der Waals surface area (Å²) in [6.45, 7) is 7.87. The van der Waals surface area contributed by atoms with E-state index in [4.69, 9.17) is 23.2 Å². The molecule has 5 nitrogen and oxygen atoms in total. The van der Waals surface area contributed by atoms with Crippen LogP contribution in [0.3, 0.4) is 0 Å². The lowest BCUT2D eigenvalue weighted by Gasteiger charge is -2.33. The molecule has 2 aromatic rings. The van der Waals surface area contributed by atoms with Gasteiger partial charge in [-0.05, 0) is 37.5 Å². The molecule has 0 fully saturated rings. The number of aromatic nitrogens is 2. The maximum atomic E-state index is 13.9. The van der Waals surface area contributed by atoms with E-state index in [-0.39, 0.29) is 11.9 Å². The Morgan fingerprint density at radius 2 is 1.74 bits per heavy atom. The molecule has 1 atom stereocenters. The summed E-state index contributed by atoms with van der Waals surface area (Å²) in [7, 11) is 0. The van der Waals surface area contributed by atoms with E-state index in [1.54, 1.807) is 12.3 Å². The van der Waals surface area contributed by atoms with E-state index in [1.165, 1.54) is 0 Å². The standard InChI is InChI=1S/C24H32Cl2N4O/c1-4-6-8-14-29(15-9-7-5-2)24(31)22-17(3)28-21-12-13-27-30(21)23(22)18-10-11-19(25)20(26)16-18/h10-13,16,23,28H,4-9,14-15H2,1-3H3. The number of hydrogen-bond donors (Lipinski definition) is 1. The fraction of sp³-hybridized carbons (Fsp3) is 0.500. The second-order valence-corrected chi connectivity index (χ2v) is 8.92. The Hall–Kier alpha value is -1.98. The van der Waals surface area contributed by atoms with Gasteiger partial charge in [-0.15, -0.1) is 0 Å². The predicted octanol–water partition coefficient (Wildman–Crippen LogP) is 6.69. The van der Waals surface area contributed by atoms with Crippen molar-refractivity contribution in [2.24, 2.45) is 0 Å². The zero-order valence-electron chi connectivity index (χ0n) is 18.6. The van der Waals surface area contributed by atoms with Crippen molar-refractivity contribution in [3.8, 4) is 0 Å². The number of halogens is 2. The zero-order valence-corrected chi connectivity index (χ0v) is 20.1. The maximum absolute atomic E-state index is 13.9. The van der Waals surface area contributed by atoms with Gasteiger partial charge in [-0.2, -0.15) is 5.10 Å². The Bertz CT molecular complexity index is 927. The minimum Gasteiger partial charge on any atom is -0.344 e. The highest BCUT2D eigenvalue weighted by atomic mass is 35.5. The number of rotatable bonds is 10. The van der Waals surface area contributed by atoms with Gasteiger partial charge in [0.1, 0.15) is 11.9 Å². The highest BCUT2D eigenvalue weighted by Gasteiger charge is 2.34. The van der Waals surface area contributed by atoms with Crippen LogP contribution in [-0.2, 0) is 4.79 Å².